The van der Waals surface area contributed by atoms with Crippen LogP contribution in [-0.2, 0) is 16.0 Å². The lowest BCUT2D eigenvalue weighted by atomic mass is 9.89. The molecule has 3 heterocycles. The van der Waals surface area contributed by atoms with E-state index in [0.29, 0.717) is 6.04 Å². The fourth-order valence-corrected chi connectivity index (χ4v) is 4.22. The standard InChI is InChI=1S/C16H24N2O2S/c1-2-18-11-12(10-15-14(18)6-8-20-15)16(19)17-7-5-13-4-3-9-21-13/h3-4,9,12,14-15H,2,5-8,10-11H2,1H3,(H,17,19)/t12-,14-,15-/m1/s1. The average Bonchev–Trinajstić information content (AvgIpc) is 3.16. The van der Waals surface area contributed by atoms with Gasteiger partial charge in [0.25, 0.3) is 0 Å². The Kier molecular flexibility index (Phi) is 4.93. The zero-order valence-electron chi connectivity index (χ0n) is 12.6. The number of rotatable bonds is 5. The lowest BCUT2D eigenvalue weighted by Crippen LogP contribution is -2.52. The summed E-state index contributed by atoms with van der Waals surface area (Å²) < 4.78 is 5.81. The van der Waals surface area contributed by atoms with Crippen LogP contribution in [0.2, 0.25) is 0 Å². The predicted molar refractivity (Wildman–Crippen MR) is 84.5 cm³/mol. The number of hydrogen-bond donors (Lipinski definition) is 1. The van der Waals surface area contributed by atoms with Crippen molar-refractivity contribution >= 4 is 17.2 Å². The molecule has 0 aromatic carbocycles. The minimum absolute atomic E-state index is 0.0765. The van der Waals surface area contributed by atoms with Gasteiger partial charge in [0.2, 0.25) is 5.91 Å². The molecule has 3 atom stereocenters. The van der Waals surface area contributed by atoms with Crippen molar-refractivity contribution in [3.63, 3.8) is 0 Å². The van der Waals surface area contributed by atoms with Gasteiger partial charge < -0.3 is 10.1 Å². The van der Waals surface area contributed by atoms with Gasteiger partial charge in [-0.05, 0) is 37.3 Å². The normalized spacial score (nSPS) is 29.3. The molecule has 3 rings (SSSR count). The molecule has 0 unspecified atom stereocenters. The molecule has 0 radical (unpaired) electrons. The lowest BCUT2D eigenvalue weighted by molar-refractivity contribution is -0.129. The van der Waals surface area contributed by atoms with E-state index in [-0.39, 0.29) is 17.9 Å². The maximum atomic E-state index is 12.4. The molecule has 2 saturated heterocycles. The van der Waals surface area contributed by atoms with Crippen LogP contribution in [0.5, 0.6) is 0 Å². The largest absolute Gasteiger partial charge is 0.377 e. The fourth-order valence-electron chi connectivity index (χ4n) is 3.52. The highest BCUT2D eigenvalue weighted by atomic mass is 32.1. The van der Waals surface area contributed by atoms with Crippen LogP contribution < -0.4 is 5.32 Å². The molecule has 2 aliphatic rings. The van der Waals surface area contributed by atoms with Crippen LogP contribution in [0.25, 0.3) is 0 Å². The Morgan fingerprint density at radius 1 is 1.57 bits per heavy atom. The molecule has 5 heteroatoms. The van der Waals surface area contributed by atoms with E-state index in [1.54, 1.807) is 11.3 Å². The molecule has 1 aromatic heterocycles. The van der Waals surface area contributed by atoms with E-state index in [1.165, 1.54) is 4.88 Å². The first-order valence-electron chi connectivity index (χ1n) is 7.93. The third-order valence-electron chi connectivity index (χ3n) is 4.64. The van der Waals surface area contributed by atoms with Gasteiger partial charge in [0, 0.05) is 30.6 Å². The summed E-state index contributed by atoms with van der Waals surface area (Å²) in [6, 6.07) is 4.71. The molecule has 4 nitrogen and oxygen atoms in total. The van der Waals surface area contributed by atoms with Gasteiger partial charge in [-0.15, -0.1) is 11.3 Å². The number of carbonyl (C=O) groups is 1. The van der Waals surface area contributed by atoms with E-state index in [4.69, 9.17) is 4.74 Å². The summed E-state index contributed by atoms with van der Waals surface area (Å²) in [6.45, 7) is 5.64. The van der Waals surface area contributed by atoms with Crippen LogP contribution in [-0.4, -0.2) is 49.2 Å². The molecule has 1 aromatic rings. The number of likely N-dealkylation sites (N-methyl/N-ethyl adjacent to an activating group) is 1. The summed E-state index contributed by atoms with van der Waals surface area (Å²) in [5.41, 5.74) is 0. The van der Waals surface area contributed by atoms with E-state index in [9.17, 15) is 4.79 Å². The summed E-state index contributed by atoms with van der Waals surface area (Å²) in [7, 11) is 0. The number of nitrogens with one attached hydrogen (secondary N) is 1. The Bertz CT molecular complexity index is 463. The van der Waals surface area contributed by atoms with Crippen molar-refractivity contribution in [1.29, 1.82) is 0 Å². The predicted octanol–water partition coefficient (Wildman–Crippen LogP) is 1.91. The van der Waals surface area contributed by atoms with Crippen molar-refractivity contribution in [3.05, 3.63) is 22.4 Å². The second-order valence-corrected chi connectivity index (χ2v) is 6.94. The minimum atomic E-state index is 0.0765. The number of thiophene rings is 1. The van der Waals surface area contributed by atoms with Gasteiger partial charge in [-0.2, -0.15) is 0 Å². The molecule has 2 fully saturated rings. The maximum Gasteiger partial charge on any atom is 0.224 e. The highest BCUT2D eigenvalue weighted by molar-refractivity contribution is 7.09. The summed E-state index contributed by atoms with van der Waals surface area (Å²) in [5, 5.41) is 5.18. The summed E-state index contributed by atoms with van der Waals surface area (Å²) in [5.74, 6) is 0.270. The van der Waals surface area contributed by atoms with Crippen molar-refractivity contribution in [1.82, 2.24) is 10.2 Å². The van der Waals surface area contributed by atoms with E-state index in [2.05, 4.69) is 34.7 Å². The van der Waals surface area contributed by atoms with Crippen LogP contribution in [0, 0.1) is 5.92 Å². The monoisotopic (exact) mass is 308 g/mol. The Balaban J connectivity index is 1.50. The third-order valence-corrected chi connectivity index (χ3v) is 5.58. The van der Waals surface area contributed by atoms with Crippen molar-refractivity contribution in [2.75, 3.05) is 26.2 Å². The van der Waals surface area contributed by atoms with E-state index >= 15 is 0 Å². The number of likely N-dealkylation sites (tertiary alicyclic amines) is 1. The van der Waals surface area contributed by atoms with Crippen molar-refractivity contribution in [2.45, 2.75) is 38.3 Å². The Hall–Kier alpha value is -0.910. The topological polar surface area (TPSA) is 41.6 Å². The highest BCUT2D eigenvalue weighted by Crippen LogP contribution is 2.31. The first kappa shape index (κ1) is 15.0. The molecule has 1 amide bonds. The number of amides is 1. The van der Waals surface area contributed by atoms with Gasteiger partial charge in [-0.1, -0.05) is 13.0 Å². The number of ether oxygens (including phenoxy) is 1. The van der Waals surface area contributed by atoms with Gasteiger partial charge in [-0.3, -0.25) is 9.69 Å². The zero-order chi connectivity index (χ0) is 14.7. The van der Waals surface area contributed by atoms with E-state index < -0.39 is 0 Å². The van der Waals surface area contributed by atoms with Crippen molar-refractivity contribution in [3.8, 4) is 0 Å². The Morgan fingerprint density at radius 3 is 3.24 bits per heavy atom. The molecule has 116 valence electrons. The smallest absolute Gasteiger partial charge is 0.224 e. The van der Waals surface area contributed by atoms with Gasteiger partial charge in [0.05, 0.1) is 12.0 Å². The molecule has 21 heavy (non-hydrogen) atoms. The zero-order valence-corrected chi connectivity index (χ0v) is 13.4. The quantitative estimate of drug-likeness (QED) is 0.903. The van der Waals surface area contributed by atoms with Crippen LogP contribution in [0.4, 0.5) is 0 Å². The third kappa shape index (κ3) is 3.47. The molecule has 0 saturated carbocycles. The van der Waals surface area contributed by atoms with Gasteiger partial charge in [0.1, 0.15) is 0 Å². The van der Waals surface area contributed by atoms with Crippen LogP contribution in [0.3, 0.4) is 0 Å². The highest BCUT2D eigenvalue weighted by Gasteiger charge is 2.41. The number of fused-ring (bicyclic) bond motifs is 1. The molecule has 0 aliphatic carbocycles. The van der Waals surface area contributed by atoms with Crippen LogP contribution >= 0.6 is 11.3 Å². The van der Waals surface area contributed by atoms with E-state index in [0.717, 1.165) is 45.5 Å². The van der Waals surface area contributed by atoms with E-state index in [1.807, 2.05) is 0 Å². The van der Waals surface area contributed by atoms with Crippen molar-refractivity contribution < 1.29 is 9.53 Å². The number of piperidine rings is 1. The second kappa shape index (κ2) is 6.90. The Morgan fingerprint density at radius 2 is 2.48 bits per heavy atom. The van der Waals surface area contributed by atoms with Gasteiger partial charge in [0.15, 0.2) is 0 Å². The molecule has 2 aliphatic heterocycles. The first-order chi connectivity index (χ1) is 10.3. The molecule has 0 spiro atoms. The number of carbonyl (C=O) groups excluding carboxylic acids is 1. The molecule has 0 bridgehead atoms. The average molecular weight is 308 g/mol. The van der Waals surface area contributed by atoms with Crippen LogP contribution in [0.15, 0.2) is 17.5 Å². The number of nitrogens with zero attached hydrogens (tertiary/aromatic N) is 1. The minimum Gasteiger partial charge on any atom is -0.377 e. The molecular formula is C16H24N2O2S. The summed E-state index contributed by atoms with van der Waals surface area (Å²) in [6.07, 6.45) is 3.18. The summed E-state index contributed by atoms with van der Waals surface area (Å²) in [4.78, 5) is 16.1. The number of hydrogen-bond acceptors (Lipinski definition) is 4. The first-order valence-corrected chi connectivity index (χ1v) is 8.81. The second-order valence-electron chi connectivity index (χ2n) is 5.91. The SMILES string of the molecule is CCN1C[C@H](C(=O)NCCc2cccs2)C[C@H]2OCC[C@H]21. The van der Waals surface area contributed by atoms with Crippen LogP contribution in [0.1, 0.15) is 24.6 Å². The lowest BCUT2D eigenvalue weighted by Gasteiger charge is -2.39. The Labute approximate surface area is 130 Å². The molecule has 1 N–H and O–H groups in total. The fraction of sp³-hybridized carbons (Fsp3) is 0.688. The molecular weight excluding hydrogens is 284 g/mol. The maximum absolute atomic E-state index is 12.4. The van der Waals surface area contributed by atoms with Gasteiger partial charge >= 0.3 is 0 Å². The summed E-state index contributed by atoms with van der Waals surface area (Å²) >= 11 is 1.75. The van der Waals surface area contributed by atoms with Gasteiger partial charge in [-0.25, -0.2) is 0 Å². The van der Waals surface area contributed by atoms with Crippen molar-refractivity contribution in [2.24, 2.45) is 5.92 Å².